The smallest absolute Gasteiger partial charge is 0.306 e. The molecule has 1 fully saturated rings. The highest BCUT2D eigenvalue weighted by Gasteiger charge is 2.33. The van der Waals surface area contributed by atoms with Crippen LogP contribution in [0.25, 0.3) is 0 Å². The maximum Gasteiger partial charge on any atom is 0.306 e. The molecule has 1 amide bonds. The van der Waals surface area contributed by atoms with Gasteiger partial charge >= 0.3 is 5.97 Å². The Labute approximate surface area is 116 Å². The standard InChI is InChI=1S/C14H16ClNO3/c15-12-4-2-1-3-11(12)8-16-13(17)9-5-6-10(7-9)14(18)19/h1-4,9-10H,5-8H2,(H,16,17)(H,18,19)/t9-,10+/m0/s1. The van der Waals surface area contributed by atoms with Gasteiger partial charge in [-0.25, -0.2) is 0 Å². The van der Waals surface area contributed by atoms with E-state index in [1.54, 1.807) is 6.07 Å². The molecule has 4 nitrogen and oxygen atoms in total. The molecule has 1 aromatic carbocycles. The number of carbonyl (C=O) groups excluding carboxylic acids is 1. The summed E-state index contributed by atoms with van der Waals surface area (Å²) in [6.45, 7) is 0.382. The molecule has 1 aliphatic rings. The molecule has 0 heterocycles. The van der Waals surface area contributed by atoms with Crippen molar-refractivity contribution in [1.82, 2.24) is 5.32 Å². The summed E-state index contributed by atoms with van der Waals surface area (Å²) in [5.41, 5.74) is 0.866. The van der Waals surface area contributed by atoms with Gasteiger partial charge in [-0.1, -0.05) is 29.8 Å². The van der Waals surface area contributed by atoms with Gasteiger partial charge in [0.1, 0.15) is 0 Å². The fourth-order valence-corrected chi connectivity index (χ4v) is 2.61. The predicted octanol–water partition coefficient (Wildman–Crippen LogP) is 2.46. The molecule has 19 heavy (non-hydrogen) atoms. The van der Waals surface area contributed by atoms with Crippen molar-refractivity contribution < 1.29 is 14.7 Å². The van der Waals surface area contributed by atoms with Crippen LogP contribution in [0.1, 0.15) is 24.8 Å². The average molecular weight is 282 g/mol. The van der Waals surface area contributed by atoms with Crippen molar-refractivity contribution in [3.63, 3.8) is 0 Å². The molecule has 1 aromatic rings. The molecule has 0 saturated heterocycles. The summed E-state index contributed by atoms with van der Waals surface area (Å²) in [5.74, 6) is -1.45. The largest absolute Gasteiger partial charge is 0.481 e. The lowest BCUT2D eigenvalue weighted by atomic mass is 10.0. The molecule has 1 saturated carbocycles. The SMILES string of the molecule is O=C(O)[C@@H]1CC[C@H](C(=O)NCc2ccccc2Cl)C1. The molecule has 2 N–H and O–H groups in total. The van der Waals surface area contributed by atoms with Crippen LogP contribution in [0.4, 0.5) is 0 Å². The van der Waals surface area contributed by atoms with Gasteiger partial charge in [0.2, 0.25) is 5.91 Å². The van der Waals surface area contributed by atoms with Gasteiger partial charge in [0, 0.05) is 17.5 Å². The number of carboxylic acid groups (broad SMARTS) is 1. The van der Waals surface area contributed by atoms with Crippen LogP contribution in [0.5, 0.6) is 0 Å². The summed E-state index contributed by atoms with van der Waals surface area (Å²) in [6.07, 6.45) is 1.66. The van der Waals surface area contributed by atoms with E-state index < -0.39 is 5.97 Å². The molecule has 0 unspecified atom stereocenters. The third-order valence-corrected chi connectivity index (χ3v) is 3.93. The summed E-state index contributed by atoms with van der Waals surface area (Å²) >= 11 is 6.00. The van der Waals surface area contributed by atoms with Gasteiger partial charge < -0.3 is 10.4 Å². The van der Waals surface area contributed by atoms with Gasteiger partial charge in [-0.2, -0.15) is 0 Å². The monoisotopic (exact) mass is 281 g/mol. The second-order valence-electron chi connectivity index (χ2n) is 4.85. The Morgan fingerprint density at radius 1 is 1.26 bits per heavy atom. The van der Waals surface area contributed by atoms with Crippen LogP contribution in [-0.2, 0) is 16.1 Å². The third kappa shape index (κ3) is 3.47. The number of nitrogens with one attached hydrogen (secondary N) is 1. The van der Waals surface area contributed by atoms with Gasteiger partial charge in [-0.15, -0.1) is 0 Å². The first-order valence-corrected chi connectivity index (χ1v) is 6.69. The highest BCUT2D eigenvalue weighted by Crippen LogP contribution is 2.31. The van der Waals surface area contributed by atoms with Crippen LogP contribution >= 0.6 is 11.6 Å². The Morgan fingerprint density at radius 2 is 1.95 bits per heavy atom. The van der Waals surface area contributed by atoms with E-state index >= 15 is 0 Å². The third-order valence-electron chi connectivity index (χ3n) is 3.56. The molecule has 2 atom stereocenters. The Bertz CT molecular complexity index is 489. The van der Waals surface area contributed by atoms with Gasteiger partial charge in [-0.05, 0) is 30.9 Å². The molecule has 0 aromatic heterocycles. The predicted molar refractivity (Wildman–Crippen MR) is 71.8 cm³/mol. The Hall–Kier alpha value is -1.55. The molecule has 5 heteroatoms. The molecule has 1 aliphatic carbocycles. The van der Waals surface area contributed by atoms with Crippen molar-refractivity contribution in [2.24, 2.45) is 11.8 Å². The molecule has 102 valence electrons. The van der Waals surface area contributed by atoms with Crippen molar-refractivity contribution in [1.29, 1.82) is 0 Å². The molecule has 0 aliphatic heterocycles. The van der Waals surface area contributed by atoms with Gasteiger partial charge in [0.25, 0.3) is 0 Å². The highest BCUT2D eigenvalue weighted by molar-refractivity contribution is 6.31. The number of aliphatic carboxylic acids is 1. The summed E-state index contributed by atoms with van der Waals surface area (Å²) in [4.78, 5) is 22.8. The first-order valence-electron chi connectivity index (χ1n) is 6.32. The summed E-state index contributed by atoms with van der Waals surface area (Å²) in [5, 5.41) is 12.4. The number of hydrogen-bond donors (Lipinski definition) is 2. The van der Waals surface area contributed by atoms with E-state index in [2.05, 4.69) is 5.32 Å². The normalized spacial score (nSPS) is 22.2. The highest BCUT2D eigenvalue weighted by atomic mass is 35.5. The number of benzene rings is 1. The van der Waals surface area contributed by atoms with Crippen LogP contribution in [-0.4, -0.2) is 17.0 Å². The maximum atomic E-state index is 12.0. The topological polar surface area (TPSA) is 66.4 Å². The molecule has 2 rings (SSSR count). The zero-order valence-electron chi connectivity index (χ0n) is 10.4. The Balaban J connectivity index is 1.86. The number of amides is 1. The van der Waals surface area contributed by atoms with Crippen LogP contribution < -0.4 is 5.32 Å². The van der Waals surface area contributed by atoms with E-state index in [0.29, 0.717) is 30.8 Å². The van der Waals surface area contributed by atoms with Crippen molar-refractivity contribution >= 4 is 23.5 Å². The lowest BCUT2D eigenvalue weighted by Crippen LogP contribution is -2.29. The fourth-order valence-electron chi connectivity index (χ4n) is 2.41. The number of hydrogen-bond acceptors (Lipinski definition) is 2. The maximum absolute atomic E-state index is 12.0. The van der Waals surface area contributed by atoms with E-state index in [0.717, 1.165) is 5.56 Å². The zero-order valence-corrected chi connectivity index (χ0v) is 11.2. The van der Waals surface area contributed by atoms with Crippen LogP contribution in [0.3, 0.4) is 0 Å². The van der Waals surface area contributed by atoms with Gasteiger partial charge in [0.05, 0.1) is 5.92 Å². The fraction of sp³-hybridized carbons (Fsp3) is 0.429. The lowest BCUT2D eigenvalue weighted by Gasteiger charge is -2.11. The van der Waals surface area contributed by atoms with E-state index in [4.69, 9.17) is 16.7 Å². The number of carboxylic acids is 1. The average Bonchev–Trinajstić information content (AvgIpc) is 2.87. The second kappa shape index (κ2) is 6.06. The van der Waals surface area contributed by atoms with Gasteiger partial charge in [0.15, 0.2) is 0 Å². The first kappa shape index (κ1) is 13.9. The van der Waals surface area contributed by atoms with E-state index in [1.807, 2.05) is 18.2 Å². The van der Waals surface area contributed by atoms with Crippen LogP contribution in [0, 0.1) is 11.8 Å². The number of rotatable bonds is 4. The summed E-state index contributed by atoms with van der Waals surface area (Å²) in [6, 6.07) is 7.34. The lowest BCUT2D eigenvalue weighted by molar-refractivity contribution is -0.141. The van der Waals surface area contributed by atoms with E-state index in [9.17, 15) is 9.59 Å². The molecule has 0 spiro atoms. The zero-order chi connectivity index (χ0) is 13.8. The van der Waals surface area contributed by atoms with Crippen molar-refractivity contribution in [2.45, 2.75) is 25.8 Å². The minimum absolute atomic E-state index is 0.0799. The number of halogens is 1. The number of carbonyl (C=O) groups is 2. The van der Waals surface area contributed by atoms with E-state index in [1.165, 1.54) is 0 Å². The molecular weight excluding hydrogens is 266 g/mol. The molecule has 0 bridgehead atoms. The second-order valence-corrected chi connectivity index (χ2v) is 5.26. The van der Waals surface area contributed by atoms with E-state index in [-0.39, 0.29) is 17.7 Å². The van der Waals surface area contributed by atoms with Crippen LogP contribution in [0.15, 0.2) is 24.3 Å². The Kier molecular flexibility index (Phi) is 4.43. The van der Waals surface area contributed by atoms with Gasteiger partial charge in [-0.3, -0.25) is 9.59 Å². The summed E-state index contributed by atoms with van der Waals surface area (Å²) < 4.78 is 0. The van der Waals surface area contributed by atoms with Crippen LogP contribution in [0.2, 0.25) is 5.02 Å². The minimum Gasteiger partial charge on any atom is -0.481 e. The molecule has 0 radical (unpaired) electrons. The quantitative estimate of drug-likeness (QED) is 0.891. The summed E-state index contributed by atoms with van der Waals surface area (Å²) in [7, 11) is 0. The first-order chi connectivity index (χ1) is 9.08. The van der Waals surface area contributed by atoms with Crippen molar-refractivity contribution in [2.75, 3.05) is 0 Å². The Morgan fingerprint density at radius 3 is 2.58 bits per heavy atom. The molecular formula is C14H16ClNO3. The minimum atomic E-state index is -0.804. The van der Waals surface area contributed by atoms with Crippen molar-refractivity contribution in [3.05, 3.63) is 34.9 Å². The van der Waals surface area contributed by atoms with Crippen molar-refractivity contribution in [3.8, 4) is 0 Å².